The standard InChI is InChI=1S/C12H13FN2S/c1-9-12(8-14,6-7-16-9)15-11-4-2-10(13)3-5-11/h2-5,9,15H,6-7H2,1H3. The summed E-state index contributed by atoms with van der Waals surface area (Å²) in [6.07, 6.45) is 0.826. The van der Waals surface area contributed by atoms with Crippen molar-refractivity contribution in [2.75, 3.05) is 11.1 Å². The highest BCUT2D eigenvalue weighted by molar-refractivity contribution is 8.00. The summed E-state index contributed by atoms with van der Waals surface area (Å²) in [4.78, 5) is 0. The largest absolute Gasteiger partial charge is 0.366 e. The highest BCUT2D eigenvalue weighted by Crippen LogP contribution is 2.37. The number of benzene rings is 1. The molecular weight excluding hydrogens is 223 g/mol. The number of nitrogens with zero attached hydrogens (tertiary/aromatic N) is 1. The van der Waals surface area contributed by atoms with Gasteiger partial charge >= 0.3 is 0 Å². The summed E-state index contributed by atoms with van der Waals surface area (Å²) >= 11 is 1.79. The minimum atomic E-state index is -0.511. The molecule has 0 bridgehead atoms. The van der Waals surface area contributed by atoms with Crippen LogP contribution in [0.1, 0.15) is 13.3 Å². The third-order valence-corrected chi connectivity index (χ3v) is 4.31. The van der Waals surface area contributed by atoms with Gasteiger partial charge in [-0.2, -0.15) is 17.0 Å². The minimum Gasteiger partial charge on any atom is -0.366 e. The molecule has 84 valence electrons. The van der Waals surface area contributed by atoms with Crippen molar-refractivity contribution in [1.29, 1.82) is 5.26 Å². The average Bonchev–Trinajstić information content (AvgIpc) is 2.64. The van der Waals surface area contributed by atoms with E-state index in [1.165, 1.54) is 12.1 Å². The lowest BCUT2D eigenvalue weighted by atomic mass is 9.94. The maximum atomic E-state index is 12.8. The molecule has 2 unspecified atom stereocenters. The van der Waals surface area contributed by atoms with Crippen LogP contribution in [-0.2, 0) is 0 Å². The molecule has 1 aliphatic rings. The van der Waals surface area contributed by atoms with Crippen molar-refractivity contribution in [3.8, 4) is 6.07 Å². The van der Waals surface area contributed by atoms with Gasteiger partial charge in [0.1, 0.15) is 11.4 Å². The van der Waals surface area contributed by atoms with Gasteiger partial charge in [-0.15, -0.1) is 0 Å². The summed E-state index contributed by atoms with van der Waals surface area (Å²) in [7, 11) is 0. The second kappa shape index (κ2) is 4.34. The predicted molar refractivity (Wildman–Crippen MR) is 64.9 cm³/mol. The number of rotatable bonds is 2. The number of hydrogen-bond acceptors (Lipinski definition) is 3. The average molecular weight is 236 g/mol. The Kier molecular flexibility index (Phi) is 3.06. The van der Waals surface area contributed by atoms with Crippen LogP contribution in [0.4, 0.5) is 10.1 Å². The molecule has 1 heterocycles. The summed E-state index contributed by atoms with van der Waals surface area (Å²) in [5, 5.41) is 12.8. The smallest absolute Gasteiger partial charge is 0.137 e. The Hall–Kier alpha value is -1.21. The third-order valence-electron chi connectivity index (χ3n) is 2.97. The van der Waals surface area contributed by atoms with Gasteiger partial charge in [-0.05, 0) is 43.4 Å². The van der Waals surface area contributed by atoms with Crippen LogP contribution in [0.2, 0.25) is 0 Å². The van der Waals surface area contributed by atoms with E-state index in [-0.39, 0.29) is 11.1 Å². The van der Waals surface area contributed by atoms with E-state index in [0.29, 0.717) is 0 Å². The van der Waals surface area contributed by atoms with Crippen LogP contribution in [-0.4, -0.2) is 16.5 Å². The van der Waals surface area contributed by atoms with E-state index >= 15 is 0 Å². The Bertz CT molecular complexity index is 412. The maximum absolute atomic E-state index is 12.8. The fourth-order valence-corrected chi connectivity index (χ4v) is 3.18. The topological polar surface area (TPSA) is 35.8 Å². The lowest BCUT2D eigenvalue weighted by Crippen LogP contribution is -2.41. The van der Waals surface area contributed by atoms with Gasteiger partial charge in [-0.3, -0.25) is 0 Å². The van der Waals surface area contributed by atoms with Gasteiger partial charge in [0, 0.05) is 10.9 Å². The molecule has 1 saturated heterocycles. The predicted octanol–water partition coefficient (Wildman–Crippen LogP) is 3.03. The second-order valence-electron chi connectivity index (χ2n) is 3.98. The lowest BCUT2D eigenvalue weighted by Gasteiger charge is -2.27. The fraction of sp³-hybridized carbons (Fsp3) is 0.417. The fourth-order valence-electron chi connectivity index (χ4n) is 1.87. The van der Waals surface area contributed by atoms with Gasteiger partial charge in [0.15, 0.2) is 0 Å². The quantitative estimate of drug-likeness (QED) is 0.857. The molecule has 2 atom stereocenters. The molecule has 2 rings (SSSR count). The number of nitriles is 1. The number of anilines is 1. The molecule has 2 nitrogen and oxygen atoms in total. The van der Waals surface area contributed by atoms with E-state index in [2.05, 4.69) is 18.3 Å². The van der Waals surface area contributed by atoms with Crippen molar-refractivity contribution < 1.29 is 4.39 Å². The van der Waals surface area contributed by atoms with Crippen molar-refractivity contribution in [2.24, 2.45) is 0 Å². The Balaban J connectivity index is 2.19. The molecule has 0 saturated carbocycles. The first-order valence-electron chi connectivity index (χ1n) is 5.23. The molecule has 1 aromatic carbocycles. The van der Waals surface area contributed by atoms with Gasteiger partial charge < -0.3 is 5.32 Å². The summed E-state index contributed by atoms with van der Waals surface area (Å²) in [6.45, 7) is 2.05. The Labute approximate surface area is 98.8 Å². The SMILES string of the molecule is CC1SCCC1(C#N)Nc1ccc(F)cc1. The molecular formula is C12H13FN2S. The Morgan fingerprint density at radius 3 is 2.69 bits per heavy atom. The molecule has 1 aromatic rings. The first kappa shape index (κ1) is 11.3. The van der Waals surface area contributed by atoms with Crippen LogP contribution in [0.5, 0.6) is 0 Å². The second-order valence-corrected chi connectivity index (χ2v) is 5.43. The van der Waals surface area contributed by atoms with Crippen LogP contribution < -0.4 is 5.32 Å². The highest BCUT2D eigenvalue weighted by atomic mass is 32.2. The molecule has 0 amide bonds. The van der Waals surface area contributed by atoms with Crippen molar-refractivity contribution in [1.82, 2.24) is 0 Å². The number of halogens is 1. The molecule has 0 spiro atoms. The first-order chi connectivity index (χ1) is 7.66. The van der Waals surface area contributed by atoms with Crippen LogP contribution in [0.15, 0.2) is 24.3 Å². The molecule has 0 aliphatic carbocycles. The number of nitrogens with one attached hydrogen (secondary N) is 1. The zero-order chi connectivity index (χ0) is 11.6. The van der Waals surface area contributed by atoms with Crippen LogP contribution in [0, 0.1) is 17.1 Å². The molecule has 0 aromatic heterocycles. The molecule has 4 heteroatoms. The van der Waals surface area contributed by atoms with E-state index < -0.39 is 5.54 Å². The van der Waals surface area contributed by atoms with Gasteiger partial charge in [-0.25, -0.2) is 4.39 Å². The maximum Gasteiger partial charge on any atom is 0.137 e. The zero-order valence-electron chi connectivity index (χ0n) is 9.03. The molecule has 16 heavy (non-hydrogen) atoms. The summed E-state index contributed by atoms with van der Waals surface area (Å²) in [5.74, 6) is 0.730. The summed E-state index contributed by atoms with van der Waals surface area (Å²) in [6, 6.07) is 8.51. The van der Waals surface area contributed by atoms with Crippen molar-refractivity contribution in [3.63, 3.8) is 0 Å². The molecule has 1 fully saturated rings. The van der Waals surface area contributed by atoms with Crippen molar-refractivity contribution >= 4 is 17.4 Å². The molecule has 1 N–H and O–H groups in total. The van der Waals surface area contributed by atoms with Gasteiger partial charge in [0.2, 0.25) is 0 Å². The summed E-state index contributed by atoms with van der Waals surface area (Å²) < 4.78 is 12.8. The Morgan fingerprint density at radius 2 is 2.19 bits per heavy atom. The van der Waals surface area contributed by atoms with Crippen LogP contribution in [0.25, 0.3) is 0 Å². The van der Waals surface area contributed by atoms with Crippen molar-refractivity contribution in [2.45, 2.75) is 24.1 Å². The number of thioether (sulfide) groups is 1. The monoisotopic (exact) mass is 236 g/mol. The number of hydrogen-bond donors (Lipinski definition) is 1. The van der Waals surface area contributed by atoms with Gasteiger partial charge in [0.05, 0.1) is 6.07 Å². The van der Waals surface area contributed by atoms with Gasteiger partial charge in [-0.1, -0.05) is 0 Å². The van der Waals surface area contributed by atoms with E-state index in [9.17, 15) is 9.65 Å². The third kappa shape index (κ3) is 2.00. The lowest BCUT2D eigenvalue weighted by molar-refractivity contribution is 0.591. The highest BCUT2D eigenvalue weighted by Gasteiger charge is 2.41. The van der Waals surface area contributed by atoms with Crippen molar-refractivity contribution in [3.05, 3.63) is 30.1 Å². The molecule has 0 radical (unpaired) electrons. The normalized spacial score (nSPS) is 28.7. The van der Waals surface area contributed by atoms with E-state index in [0.717, 1.165) is 17.9 Å². The summed E-state index contributed by atoms with van der Waals surface area (Å²) in [5.41, 5.74) is 0.292. The zero-order valence-corrected chi connectivity index (χ0v) is 9.85. The minimum absolute atomic E-state index is 0.252. The first-order valence-corrected chi connectivity index (χ1v) is 6.28. The Morgan fingerprint density at radius 1 is 1.50 bits per heavy atom. The van der Waals surface area contributed by atoms with E-state index in [1.807, 2.05) is 0 Å². The molecule has 1 aliphatic heterocycles. The van der Waals surface area contributed by atoms with E-state index in [1.54, 1.807) is 23.9 Å². The van der Waals surface area contributed by atoms with Crippen LogP contribution >= 0.6 is 11.8 Å². The van der Waals surface area contributed by atoms with E-state index in [4.69, 9.17) is 0 Å². The van der Waals surface area contributed by atoms with Crippen LogP contribution in [0.3, 0.4) is 0 Å². The van der Waals surface area contributed by atoms with Gasteiger partial charge in [0.25, 0.3) is 0 Å².